The summed E-state index contributed by atoms with van der Waals surface area (Å²) in [5, 5.41) is 0.902. The Morgan fingerprint density at radius 2 is 1.95 bits per heavy atom. The number of rotatable bonds is 2. The molecule has 1 aliphatic heterocycles. The minimum Gasteiger partial charge on any atom is -0.369 e. The predicted octanol–water partition coefficient (Wildman–Crippen LogP) is 4.01. The molecular weight excluding hydrogens is 312 g/mol. The third-order valence-electron chi connectivity index (χ3n) is 3.37. The maximum atomic E-state index is 13.6. The second-order valence-electron chi connectivity index (χ2n) is 4.74. The average Bonchev–Trinajstić information content (AvgIpc) is 2.80. The molecule has 0 saturated carbocycles. The van der Waals surface area contributed by atoms with Crippen molar-refractivity contribution < 1.29 is 4.39 Å². The first-order chi connectivity index (χ1) is 10.1. The number of halogens is 3. The summed E-state index contributed by atoms with van der Waals surface area (Å²) in [6, 6.07) is 11.5. The number of hydrogen-bond acceptors (Lipinski definition) is 3. The normalized spacial score (nSPS) is 18.0. The Balaban J connectivity index is 2.05. The first-order valence-corrected chi connectivity index (χ1v) is 7.11. The second kappa shape index (κ2) is 5.54. The number of anilines is 1. The second-order valence-corrected chi connectivity index (χ2v) is 5.58. The highest BCUT2D eigenvalue weighted by Crippen LogP contribution is 2.36. The molecule has 0 spiro atoms. The lowest BCUT2D eigenvalue weighted by atomic mass is 10.1. The van der Waals surface area contributed by atoms with E-state index in [2.05, 4.69) is 4.99 Å². The van der Waals surface area contributed by atoms with Crippen LogP contribution in [0.2, 0.25) is 10.0 Å². The summed E-state index contributed by atoms with van der Waals surface area (Å²) in [4.78, 5) is 6.05. The molecule has 2 aromatic carbocycles. The third kappa shape index (κ3) is 2.69. The Hall–Kier alpha value is -1.78. The molecule has 2 N–H and O–H groups in total. The first kappa shape index (κ1) is 14.2. The number of aliphatic imine (C=N–C) groups is 1. The third-order valence-corrected chi connectivity index (χ3v) is 3.90. The molecule has 108 valence electrons. The quantitative estimate of drug-likeness (QED) is 0.907. The molecule has 1 heterocycles. The molecule has 1 aliphatic rings. The zero-order chi connectivity index (χ0) is 15.0. The summed E-state index contributed by atoms with van der Waals surface area (Å²) in [5.41, 5.74) is 7.43. The lowest BCUT2D eigenvalue weighted by Gasteiger charge is -2.27. The lowest BCUT2D eigenvalue weighted by Crippen LogP contribution is -2.36. The molecule has 0 aliphatic carbocycles. The van der Waals surface area contributed by atoms with Crippen LogP contribution in [0.1, 0.15) is 11.6 Å². The van der Waals surface area contributed by atoms with Crippen LogP contribution in [0.25, 0.3) is 0 Å². The molecule has 0 bridgehead atoms. The van der Waals surface area contributed by atoms with E-state index in [-0.39, 0.29) is 11.9 Å². The van der Waals surface area contributed by atoms with Crippen LogP contribution in [0.15, 0.2) is 47.5 Å². The number of guanidine groups is 1. The first-order valence-electron chi connectivity index (χ1n) is 6.36. The molecule has 6 heteroatoms. The van der Waals surface area contributed by atoms with Crippen LogP contribution in [0.5, 0.6) is 0 Å². The van der Waals surface area contributed by atoms with Gasteiger partial charge in [0.15, 0.2) is 5.96 Å². The summed E-state index contributed by atoms with van der Waals surface area (Å²) in [5.74, 6) is -0.0319. The van der Waals surface area contributed by atoms with Crippen LogP contribution in [0.3, 0.4) is 0 Å². The largest absolute Gasteiger partial charge is 0.369 e. The number of benzene rings is 2. The van der Waals surface area contributed by atoms with Gasteiger partial charge in [-0.1, -0.05) is 35.3 Å². The van der Waals surface area contributed by atoms with Crippen LogP contribution < -0.4 is 10.6 Å². The summed E-state index contributed by atoms with van der Waals surface area (Å²) in [6.45, 7) is 0.427. The van der Waals surface area contributed by atoms with Crippen LogP contribution >= 0.6 is 23.2 Å². The SMILES string of the molecule is NC1=NCC(c2cc(F)cc(Cl)c2)N1c1ccccc1Cl. The maximum Gasteiger partial charge on any atom is 0.196 e. The fraction of sp³-hybridized carbons (Fsp3) is 0.133. The molecule has 0 aromatic heterocycles. The van der Waals surface area contributed by atoms with Crippen molar-refractivity contribution in [1.82, 2.24) is 0 Å². The fourth-order valence-corrected chi connectivity index (χ4v) is 2.91. The van der Waals surface area contributed by atoms with E-state index in [4.69, 9.17) is 28.9 Å². The molecule has 3 nitrogen and oxygen atoms in total. The highest BCUT2D eigenvalue weighted by molar-refractivity contribution is 6.34. The predicted molar refractivity (Wildman–Crippen MR) is 84.6 cm³/mol. The highest BCUT2D eigenvalue weighted by Gasteiger charge is 2.30. The van der Waals surface area contributed by atoms with E-state index >= 15 is 0 Å². The van der Waals surface area contributed by atoms with Crippen LogP contribution in [-0.2, 0) is 0 Å². The molecule has 1 atom stereocenters. The van der Waals surface area contributed by atoms with Crippen molar-refractivity contribution in [3.63, 3.8) is 0 Å². The lowest BCUT2D eigenvalue weighted by molar-refractivity contribution is 0.621. The van der Waals surface area contributed by atoms with E-state index in [9.17, 15) is 4.39 Å². The molecular formula is C15H12Cl2FN3. The van der Waals surface area contributed by atoms with Crippen LogP contribution in [-0.4, -0.2) is 12.5 Å². The van der Waals surface area contributed by atoms with E-state index in [1.165, 1.54) is 12.1 Å². The number of nitrogens with two attached hydrogens (primary N) is 1. The van der Waals surface area contributed by atoms with Crippen molar-refractivity contribution in [1.29, 1.82) is 0 Å². The molecule has 0 radical (unpaired) electrons. The highest BCUT2D eigenvalue weighted by atomic mass is 35.5. The maximum absolute atomic E-state index is 13.6. The Kier molecular flexibility index (Phi) is 3.74. The van der Waals surface area contributed by atoms with Crippen molar-refractivity contribution in [2.45, 2.75) is 6.04 Å². The van der Waals surface area contributed by atoms with Gasteiger partial charge < -0.3 is 10.6 Å². The van der Waals surface area contributed by atoms with Gasteiger partial charge in [-0.2, -0.15) is 0 Å². The van der Waals surface area contributed by atoms with Gasteiger partial charge in [-0.25, -0.2) is 4.39 Å². The van der Waals surface area contributed by atoms with E-state index < -0.39 is 0 Å². The number of para-hydroxylation sites is 1. The number of nitrogens with zero attached hydrogens (tertiary/aromatic N) is 2. The van der Waals surface area contributed by atoms with Gasteiger partial charge in [0.2, 0.25) is 0 Å². The fourth-order valence-electron chi connectivity index (χ4n) is 2.46. The minimum absolute atomic E-state index is 0.224. The van der Waals surface area contributed by atoms with Crippen molar-refractivity contribution in [2.75, 3.05) is 11.4 Å². The van der Waals surface area contributed by atoms with Gasteiger partial charge >= 0.3 is 0 Å². The Labute approximate surface area is 131 Å². The van der Waals surface area contributed by atoms with Gasteiger partial charge in [0.1, 0.15) is 5.82 Å². The smallest absolute Gasteiger partial charge is 0.196 e. The summed E-state index contributed by atoms with van der Waals surface area (Å²) in [6.07, 6.45) is 0. The van der Waals surface area contributed by atoms with Crippen molar-refractivity contribution >= 4 is 34.8 Å². The summed E-state index contributed by atoms with van der Waals surface area (Å²) < 4.78 is 13.6. The Morgan fingerprint density at radius 1 is 1.19 bits per heavy atom. The van der Waals surface area contributed by atoms with Gasteiger partial charge in [0.05, 0.1) is 23.3 Å². The average molecular weight is 324 g/mol. The molecule has 3 rings (SSSR count). The van der Waals surface area contributed by atoms with Crippen molar-refractivity contribution in [3.05, 3.63) is 63.9 Å². The van der Waals surface area contributed by atoms with E-state index in [0.717, 1.165) is 5.69 Å². The molecule has 1 unspecified atom stereocenters. The standard InChI is InChI=1S/C15H12Cl2FN3/c16-10-5-9(6-11(18)7-10)14-8-20-15(19)21(14)13-4-2-1-3-12(13)17/h1-7,14H,8H2,(H2,19,20). The number of hydrogen-bond donors (Lipinski definition) is 1. The van der Waals surface area contributed by atoms with E-state index in [0.29, 0.717) is 28.1 Å². The molecule has 0 amide bonds. The van der Waals surface area contributed by atoms with Gasteiger partial charge in [-0.15, -0.1) is 0 Å². The van der Waals surface area contributed by atoms with E-state index in [1.807, 2.05) is 18.2 Å². The molecule has 0 saturated heterocycles. The molecule has 0 fully saturated rings. The monoisotopic (exact) mass is 323 g/mol. The van der Waals surface area contributed by atoms with Crippen molar-refractivity contribution in [3.8, 4) is 0 Å². The Morgan fingerprint density at radius 3 is 2.67 bits per heavy atom. The van der Waals surface area contributed by atoms with Gasteiger partial charge in [0.25, 0.3) is 0 Å². The molecule has 2 aromatic rings. The Bertz CT molecular complexity index is 698. The molecule has 21 heavy (non-hydrogen) atoms. The van der Waals surface area contributed by atoms with Crippen LogP contribution in [0, 0.1) is 5.82 Å². The van der Waals surface area contributed by atoms with Gasteiger partial charge in [-0.05, 0) is 35.9 Å². The zero-order valence-electron chi connectivity index (χ0n) is 10.9. The zero-order valence-corrected chi connectivity index (χ0v) is 12.4. The van der Waals surface area contributed by atoms with Gasteiger partial charge in [-0.3, -0.25) is 4.99 Å². The minimum atomic E-state index is -0.387. The van der Waals surface area contributed by atoms with Gasteiger partial charge in [0, 0.05) is 5.02 Å². The summed E-state index contributed by atoms with van der Waals surface area (Å²) in [7, 11) is 0. The topological polar surface area (TPSA) is 41.6 Å². The summed E-state index contributed by atoms with van der Waals surface area (Å²) >= 11 is 12.2. The van der Waals surface area contributed by atoms with Crippen molar-refractivity contribution in [2.24, 2.45) is 10.7 Å². The van der Waals surface area contributed by atoms with E-state index in [1.54, 1.807) is 17.0 Å². The van der Waals surface area contributed by atoms with Crippen LogP contribution in [0.4, 0.5) is 10.1 Å².